The molecule has 2 aliphatic heterocycles. The molecule has 1 aromatic carbocycles. The minimum Gasteiger partial charge on any atom is -0.451 e. The van der Waals surface area contributed by atoms with Gasteiger partial charge in [-0.15, -0.1) is 0 Å². The number of benzene rings is 1. The lowest BCUT2D eigenvalue weighted by molar-refractivity contribution is 0.0897. The number of piperidine rings is 1. The molecule has 0 aliphatic carbocycles. The zero-order valence-electron chi connectivity index (χ0n) is 12.7. The number of carbonyl (C=O) groups is 1. The van der Waals surface area contributed by atoms with Crippen molar-refractivity contribution in [3.05, 3.63) is 47.7 Å². The number of aryl methyl sites for hydroxylation is 1. The molecule has 114 valence electrons. The van der Waals surface area contributed by atoms with Crippen LogP contribution in [0.15, 0.2) is 40.8 Å². The summed E-state index contributed by atoms with van der Waals surface area (Å²) in [7, 11) is 0. The van der Waals surface area contributed by atoms with Gasteiger partial charge in [0.05, 0.1) is 0 Å². The molecule has 0 radical (unpaired) electrons. The van der Waals surface area contributed by atoms with E-state index in [-0.39, 0.29) is 11.9 Å². The first-order chi connectivity index (χ1) is 10.7. The Bertz CT molecular complexity index is 707. The summed E-state index contributed by atoms with van der Waals surface area (Å²) in [6.45, 7) is 5.32. The molecule has 4 heteroatoms. The van der Waals surface area contributed by atoms with E-state index in [1.165, 1.54) is 18.5 Å². The Morgan fingerprint density at radius 3 is 2.91 bits per heavy atom. The van der Waals surface area contributed by atoms with E-state index in [9.17, 15) is 4.79 Å². The van der Waals surface area contributed by atoms with Crippen molar-refractivity contribution >= 4 is 5.91 Å². The first kappa shape index (κ1) is 13.6. The molecule has 22 heavy (non-hydrogen) atoms. The Balaban J connectivity index is 1.48. The second kappa shape index (κ2) is 5.29. The summed E-state index contributed by atoms with van der Waals surface area (Å²) in [5, 5.41) is 3.13. The molecular formula is C18H20N2O2. The van der Waals surface area contributed by atoms with E-state index in [4.69, 9.17) is 4.42 Å². The minimum absolute atomic E-state index is 0.0994. The van der Waals surface area contributed by atoms with Crippen molar-refractivity contribution in [2.75, 3.05) is 19.6 Å². The summed E-state index contributed by atoms with van der Waals surface area (Å²) in [5.41, 5.74) is 2.18. The molecule has 2 saturated heterocycles. The van der Waals surface area contributed by atoms with Crippen LogP contribution in [0.25, 0.3) is 11.3 Å². The smallest absolute Gasteiger partial charge is 0.287 e. The minimum atomic E-state index is -0.0994. The van der Waals surface area contributed by atoms with Crippen molar-refractivity contribution in [2.24, 2.45) is 5.92 Å². The number of nitrogens with zero attached hydrogens (tertiary/aromatic N) is 1. The third-order valence-corrected chi connectivity index (χ3v) is 4.78. The zero-order chi connectivity index (χ0) is 15.1. The van der Waals surface area contributed by atoms with Crippen LogP contribution in [0, 0.1) is 12.8 Å². The monoisotopic (exact) mass is 296 g/mol. The van der Waals surface area contributed by atoms with Gasteiger partial charge < -0.3 is 14.6 Å². The summed E-state index contributed by atoms with van der Waals surface area (Å²) in [4.78, 5) is 14.8. The van der Waals surface area contributed by atoms with E-state index in [0.29, 0.717) is 11.7 Å². The predicted molar refractivity (Wildman–Crippen MR) is 84.7 cm³/mol. The van der Waals surface area contributed by atoms with E-state index in [1.54, 1.807) is 6.07 Å². The number of hydrogen-bond acceptors (Lipinski definition) is 3. The lowest BCUT2D eigenvalue weighted by Gasteiger charge is -2.22. The number of hydrogen-bond donors (Lipinski definition) is 1. The number of nitrogens with one attached hydrogen (secondary N) is 1. The molecule has 2 bridgehead atoms. The van der Waals surface area contributed by atoms with E-state index in [1.807, 2.05) is 31.2 Å². The van der Waals surface area contributed by atoms with Gasteiger partial charge in [-0.1, -0.05) is 23.8 Å². The number of rotatable bonds is 3. The van der Waals surface area contributed by atoms with Crippen molar-refractivity contribution in [3.8, 4) is 11.3 Å². The second-order valence-electron chi connectivity index (χ2n) is 6.42. The Morgan fingerprint density at radius 2 is 2.18 bits per heavy atom. The van der Waals surface area contributed by atoms with Gasteiger partial charge in [0.1, 0.15) is 5.76 Å². The molecule has 2 fully saturated rings. The molecule has 0 spiro atoms. The number of amides is 1. The van der Waals surface area contributed by atoms with E-state index in [2.05, 4.69) is 16.3 Å². The number of furan rings is 1. The van der Waals surface area contributed by atoms with Crippen LogP contribution in [0.1, 0.15) is 22.5 Å². The largest absolute Gasteiger partial charge is 0.451 e. The first-order valence-corrected chi connectivity index (χ1v) is 7.89. The average Bonchev–Trinajstić information content (AvgIpc) is 3.23. The van der Waals surface area contributed by atoms with Gasteiger partial charge in [0.15, 0.2) is 5.76 Å². The van der Waals surface area contributed by atoms with Gasteiger partial charge in [0.25, 0.3) is 5.91 Å². The third kappa shape index (κ3) is 2.44. The molecule has 4 rings (SSSR count). The summed E-state index contributed by atoms with van der Waals surface area (Å²) in [5.74, 6) is 1.65. The van der Waals surface area contributed by atoms with Crippen LogP contribution in [0.4, 0.5) is 0 Å². The average molecular weight is 296 g/mol. The normalized spacial score (nSPS) is 26.3. The van der Waals surface area contributed by atoms with Crippen LogP contribution in [-0.4, -0.2) is 36.5 Å². The molecule has 1 amide bonds. The van der Waals surface area contributed by atoms with Crippen molar-refractivity contribution in [1.82, 2.24) is 10.2 Å². The molecule has 2 aliphatic rings. The maximum Gasteiger partial charge on any atom is 0.287 e. The summed E-state index contributed by atoms with van der Waals surface area (Å²) in [6, 6.07) is 12.0. The van der Waals surface area contributed by atoms with Crippen LogP contribution in [0.5, 0.6) is 0 Å². The fourth-order valence-electron chi connectivity index (χ4n) is 3.60. The van der Waals surface area contributed by atoms with Gasteiger partial charge >= 0.3 is 0 Å². The fraction of sp³-hybridized carbons (Fsp3) is 0.389. The van der Waals surface area contributed by atoms with Crippen LogP contribution in [0.3, 0.4) is 0 Å². The molecule has 2 unspecified atom stereocenters. The van der Waals surface area contributed by atoms with Crippen molar-refractivity contribution in [1.29, 1.82) is 0 Å². The Morgan fingerprint density at radius 1 is 1.27 bits per heavy atom. The van der Waals surface area contributed by atoms with Gasteiger partial charge in [-0.25, -0.2) is 0 Å². The van der Waals surface area contributed by atoms with Crippen LogP contribution >= 0.6 is 0 Å². The Hall–Kier alpha value is -2.07. The van der Waals surface area contributed by atoms with Gasteiger partial charge in [-0.05, 0) is 44.0 Å². The molecule has 3 heterocycles. The topological polar surface area (TPSA) is 45.5 Å². The molecule has 2 aromatic rings. The molecule has 1 N–H and O–H groups in total. The predicted octanol–water partition coefficient (Wildman–Crippen LogP) is 2.69. The Kier molecular flexibility index (Phi) is 3.26. The maximum atomic E-state index is 12.4. The van der Waals surface area contributed by atoms with Crippen molar-refractivity contribution in [2.45, 2.75) is 19.4 Å². The highest BCUT2D eigenvalue weighted by Crippen LogP contribution is 2.28. The lowest BCUT2D eigenvalue weighted by Crippen LogP contribution is -2.43. The van der Waals surface area contributed by atoms with Gasteiger partial charge in [0.2, 0.25) is 0 Å². The maximum absolute atomic E-state index is 12.4. The molecule has 1 aromatic heterocycles. The van der Waals surface area contributed by atoms with Crippen LogP contribution in [0.2, 0.25) is 0 Å². The lowest BCUT2D eigenvalue weighted by atomic mass is 10.00. The summed E-state index contributed by atoms with van der Waals surface area (Å²) < 4.78 is 5.75. The number of carbonyl (C=O) groups excluding carboxylic acids is 1. The van der Waals surface area contributed by atoms with Crippen molar-refractivity contribution < 1.29 is 9.21 Å². The SMILES string of the molecule is Cc1cccc(-c2ccc(C(=O)NC3CN4CC[C@H]3C4)o2)c1. The van der Waals surface area contributed by atoms with Crippen molar-refractivity contribution in [3.63, 3.8) is 0 Å². The first-order valence-electron chi connectivity index (χ1n) is 7.89. The van der Waals surface area contributed by atoms with E-state index < -0.39 is 0 Å². The van der Waals surface area contributed by atoms with E-state index >= 15 is 0 Å². The Labute approximate surface area is 130 Å². The standard InChI is InChI=1S/C18H20N2O2/c1-12-3-2-4-13(9-12)16-5-6-17(22-16)18(21)19-15-11-20-8-7-14(15)10-20/h2-6,9,14-15H,7-8,10-11H2,1H3,(H,19,21)/t14-,15?/m0/s1. The van der Waals surface area contributed by atoms with Gasteiger partial charge in [0, 0.05) is 24.7 Å². The van der Waals surface area contributed by atoms with E-state index in [0.717, 1.165) is 24.4 Å². The van der Waals surface area contributed by atoms with Gasteiger partial charge in [-0.3, -0.25) is 4.79 Å². The van der Waals surface area contributed by atoms with Crippen LogP contribution in [-0.2, 0) is 0 Å². The highest BCUT2D eigenvalue weighted by molar-refractivity contribution is 5.92. The fourth-order valence-corrected chi connectivity index (χ4v) is 3.60. The van der Waals surface area contributed by atoms with Crippen LogP contribution < -0.4 is 5.32 Å². The highest BCUT2D eigenvalue weighted by Gasteiger charge is 2.38. The quantitative estimate of drug-likeness (QED) is 0.947. The zero-order valence-corrected chi connectivity index (χ0v) is 12.7. The second-order valence-corrected chi connectivity index (χ2v) is 6.42. The molecule has 0 saturated carbocycles. The molecular weight excluding hydrogens is 276 g/mol. The third-order valence-electron chi connectivity index (χ3n) is 4.78. The summed E-state index contributed by atoms with van der Waals surface area (Å²) in [6.07, 6.45) is 1.19. The summed E-state index contributed by atoms with van der Waals surface area (Å²) >= 11 is 0. The highest BCUT2D eigenvalue weighted by atomic mass is 16.3. The van der Waals surface area contributed by atoms with Gasteiger partial charge in [-0.2, -0.15) is 0 Å². The molecule has 3 atom stereocenters. The molecule has 4 nitrogen and oxygen atoms in total. The number of fused-ring (bicyclic) bond motifs is 2.